The van der Waals surface area contributed by atoms with Crippen LogP contribution in [0.25, 0.3) is 0 Å². The molecule has 2 nitrogen and oxygen atoms in total. The Bertz CT molecular complexity index is 416. The van der Waals surface area contributed by atoms with Crippen molar-refractivity contribution in [2.24, 2.45) is 5.92 Å². The summed E-state index contributed by atoms with van der Waals surface area (Å²) >= 11 is 0. The van der Waals surface area contributed by atoms with E-state index >= 15 is 0 Å². The predicted octanol–water partition coefficient (Wildman–Crippen LogP) is 4.44. The smallest absolute Gasteiger partial charge is 0.0239 e. The topological polar surface area (TPSA) is 15.3 Å². The average Bonchev–Trinajstić information content (AvgIpc) is 2.35. The highest BCUT2D eigenvalue weighted by molar-refractivity contribution is 5.27. The fourth-order valence-electron chi connectivity index (χ4n) is 2.39. The third kappa shape index (κ3) is 7.10. The molecule has 0 saturated heterocycles. The van der Waals surface area contributed by atoms with Gasteiger partial charge in [0.25, 0.3) is 0 Å². The molecular formula is C19H34N2. The van der Waals surface area contributed by atoms with Gasteiger partial charge in [-0.05, 0) is 51.7 Å². The Morgan fingerprint density at radius 1 is 1.00 bits per heavy atom. The second-order valence-electron chi connectivity index (χ2n) is 7.79. The minimum absolute atomic E-state index is 0.156. The molecule has 0 aliphatic carbocycles. The van der Waals surface area contributed by atoms with Crippen LogP contribution in [0.3, 0.4) is 0 Å². The van der Waals surface area contributed by atoms with Crippen LogP contribution in [0.1, 0.15) is 59.6 Å². The van der Waals surface area contributed by atoms with Gasteiger partial charge in [-0.15, -0.1) is 0 Å². The maximum Gasteiger partial charge on any atom is 0.0239 e. The number of nitrogens with one attached hydrogen (secondary N) is 1. The Hall–Kier alpha value is -0.860. The first-order valence-corrected chi connectivity index (χ1v) is 8.25. The normalized spacial score (nSPS) is 12.7. The molecule has 1 N–H and O–H groups in total. The molecule has 0 bridgehead atoms. The van der Waals surface area contributed by atoms with Crippen molar-refractivity contribution in [1.29, 1.82) is 0 Å². The van der Waals surface area contributed by atoms with Gasteiger partial charge in [-0.1, -0.05) is 38.1 Å². The molecule has 0 aliphatic rings. The van der Waals surface area contributed by atoms with Crippen LogP contribution in [-0.4, -0.2) is 23.0 Å². The van der Waals surface area contributed by atoms with Crippen LogP contribution < -0.4 is 5.32 Å². The van der Waals surface area contributed by atoms with E-state index in [0.717, 1.165) is 19.6 Å². The van der Waals surface area contributed by atoms with Gasteiger partial charge in [-0.25, -0.2) is 0 Å². The maximum absolute atomic E-state index is 3.60. The first-order valence-electron chi connectivity index (χ1n) is 8.25. The monoisotopic (exact) mass is 290 g/mol. The van der Waals surface area contributed by atoms with Gasteiger partial charge in [0.05, 0.1) is 0 Å². The average molecular weight is 290 g/mol. The third-order valence-corrected chi connectivity index (χ3v) is 3.63. The van der Waals surface area contributed by atoms with Crippen LogP contribution in [0, 0.1) is 5.92 Å². The molecule has 21 heavy (non-hydrogen) atoms. The highest BCUT2D eigenvalue weighted by Gasteiger charge is 2.15. The highest BCUT2D eigenvalue weighted by Crippen LogP contribution is 2.16. The molecule has 0 spiro atoms. The van der Waals surface area contributed by atoms with Gasteiger partial charge >= 0.3 is 0 Å². The second kappa shape index (κ2) is 7.95. The van der Waals surface area contributed by atoms with Crippen LogP contribution in [-0.2, 0) is 13.1 Å². The minimum atomic E-state index is 0.156. The second-order valence-corrected chi connectivity index (χ2v) is 7.79. The van der Waals surface area contributed by atoms with E-state index in [4.69, 9.17) is 0 Å². The molecular weight excluding hydrogens is 256 g/mol. The summed E-state index contributed by atoms with van der Waals surface area (Å²) in [7, 11) is 0. The lowest BCUT2D eigenvalue weighted by Crippen LogP contribution is -2.36. The van der Waals surface area contributed by atoms with Crippen molar-refractivity contribution in [2.75, 3.05) is 6.54 Å². The lowest BCUT2D eigenvalue weighted by molar-refractivity contribution is 0.188. The Kier molecular flexibility index (Phi) is 6.89. The zero-order valence-electron chi connectivity index (χ0n) is 15.0. The summed E-state index contributed by atoms with van der Waals surface area (Å²) in [6.07, 6.45) is 0. The van der Waals surface area contributed by atoms with Crippen molar-refractivity contribution in [3.8, 4) is 0 Å². The van der Waals surface area contributed by atoms with Gasteiger partial charge in [0, 0.05) is 31.2 Å². The molecule has 0 atom stereocenters. The summed E-state index contributed by atoms with van der Waals surface area (Å²) < 4.78 is 0. The summed E-state index contributed by atoms with van der Waals surface area (Å²) in [5.41, 5.74) is 3.02. The molecule has 2 heteroatoms. The molecule has 0 aliphatic heterocycles. The van der Waals surface area contributed by atoms with E-state index in [1.165, 1.54) is 11.1 Å². The Balaban J connectivity index is 2.81. The van der Waals surface area contributed by atoms with Crippen molar-refractivity contribution in [1.82, 2.24) is 10.2 Å². The van der Waals surface area contributed by atoms with E-state index in [9.17, 15) is 0 Å². The maximum atomic E-state index is 3.60. The van der Waals surface area contributed by atoms with E-state index in [2.05, 4.69) is 82.9 Å². The Morgan fingerprint density at radius 3 is 2.05 bits per heavy atom. The van der Waals surface area contributed by atoms with Crippen molar-refractivity contribution in [2.45, 2.75) is 73.1 Å². The van der Waals surface area contributed by atoms with Gasteiger partial charge in [-0.3, -0.25) is 4.90 Å². The van der Waals surface area contributed by atoms with Crippen molar-refractivity contribution in [3.63, 3.8) is 0 Å². The van der Waals surface area contributed by atoms with E-state index in [1.807, 2.05) is 0 Å². The number of benzene rings is 1. The molecule has 0 aromatic heterocycles. The van der Waals surface area contributed by atoms with E-state index < -0.39 is 0 Å². The van der Waals surface area contributed by atoms with Crippen molar-refractivity contribution < 1.29 is 0 Å². The molecule has 120 valence electrons. The largest absolute Gasteiger partial charge is 0.308 e. The lowest BCUT2D eigenvalue weighted by Gasteiger charge is -2.29. The summed E-state index contributed by atoms with van der Waals surface area (Å²) in [6, 6.07) is 9.41. The van der Waals surface area contributed by atoms with Gasteiger partial charge in [0.1, 0.15) is 0 Å². The van der Waals surface area contributed by atoms with Crippen LogP contribution in [0.4, 0.5) is 0 Å². The van der Waals surface area contributed by atoms with Crippen LogP contribution in [0.15, 0.2) is 24.3 Å². The lowest BCUT2D eigenvalue weighted by atomic mass is 10.0. The standard InChI is InChI=1S/C19H34N2/c1-15(2)13-21(16(3)4)14-18-11-9-8-10-17(18)12-20-19(5,6)7/h8-11,15-16,20H,12-14H2,1-7H3. The zero-order valence-corrected chi connectivity index (χ0v) is 15.0. The minimum Gasteiger partial charge on any atom is -0.308 e. The molecule has 0 unspecified atom stereocenters. The summed E-state index contributed by atoms with van der Waals surface area (Å²) in [6.45, 7) is 18.9. The van der Waals surface area contributed by atoms with Crippen molar-refractivity contribution in [3.05, 3.63) is 35.4 Å². The summed E-state index contributed by atoms with van der Waals surface area (Å²) in [4.78, 5) is 2.57. The number of hydrogen-bond donors (Lipinski definition) is 1. The zero-order chi connectivity index (χ0) is 16.0. The quantitative estimate of drug-likeness (QED) is 0.798. The summed E-state index contributed by atoms with van der Waals surface area (Å²) in [5.74, 6) is 0.701. The molecule has 0 amide bonds. The van der Waals surface area contributed by atoms with Gasteiger partial charge < -0.3 is 5.32 Å². The van der Waals surface area contributed by atoms with Crippen LogP contribution in [0.5, 0.6) is 0 Å². The third-order valence-electron chi connectivity index (χ3n) is 3.63. The first-order chi connectivity index (χ1) is 9.69. The number of rotatable bonds is 7. The SMILES string of the molecule is CC(C)CN(Cc1ccccc1CNC(C)(C)C)C(C)C. The molecule has 0 radical (unpaired) electrons. The Morgan fingerprint density at radius 2 is 1.57 bits per heavy atom. The summed E-state index contributed by atoms with van der Waals surface area (Å²) in [5, 5.41) is 3.60. The molecule has 1 aromatic rings. The first kappa shape index (κ1) is 18.2. The highest BCUT2D eigenvalue weighted by atomic mass is 15.1. The van der Waals surface area contributed by atoms with Gasteiger partial charge in [-0.2, -0.15) is 0 Å². The molecule has 1 aromatic carbocycles. The van der Waals surface area contributed by atoms with E-state index in [1.54, 1.807) is 0 Å². The number of hydrogen-bond acceptors (Lipinski definition) is 2. The van der Waals surface area contributed by atoms with Crippen LogP contribution >= 0.6 is 0 Å². The van der Waals surface area contributed by atoms with E-state index in [-0.39, 0.29) is 5.54 Å². The molecule has 0 heterocycles. The Labute approximate surface area is 131 Å². The fraction of sp³-hybridized carbons (Fsp3) is 0.684. The van der Waals surface area contributed by atoms with E-state index in [0.29, 0.717) is 12.0 Å². The predicted molar refractivity (Wildman–Crippen MR) is 93.4 cm³/mol. The number of nitrogens with zero attached hydrogens (tertiary/aromatic N) is 1. The molecule has 0 saturated carbocycles. The van der Waals surface area contributed by atoms with Gasteiger partial charge in [0.2, 0.25) is 0 Å². The molecule has 1 rings (SSSR count). The van der Waals surface area contributed by atoms with Gasteiger partial charge in [0.15, 0.2) is 0 Å². The molecule has 0 fully saturated rings. The van der Waals surface area contributed by atoms with Crippen LogP contribution in [0.2, 0.25) is 0 Å². The fourth-order valence-corrected chi connectivity index (χ4v) is 2.39. The van der Waals surface area contributed by atoms with Crippen molar-refractivity contribution >= 4 is 0 Å².